The molecule has 0 spiro atoms. The summed E-state index contributed by atoms with van der Waals surface area (Å²) >= 11 is 0. The lowest BCUT2D eigenvalue weighted by Crippen LogP contribution is -2.21. The maximum atomic E-state index is 13.9. The number of imidazole rings is 1. The van der Waals surface area contributed by atoms with Crippen LogP contribution in [-0.2, 0) is 36.3 Å². The van der Waals surface area contributed by atoms with E-state index in [4.69, 9.17) is 19.2 Å². The third-order valence-corrected chi connectivity index (χ3v) is 8.33. The van der Waals surface area contributed by atoms with Crippen LogP contribution in [0.1, 0.15) is 16.8 Å². The van der Waals surface area contributed by atoms with Gasteiger partial charge in [-0.1, -0.05) is 72.8 Å². The largest absolute Gasteiger partial charge is 0.473 e. The Bertz CT molecular complexity index is 2320. The van der Waals surface area contributed by atoms with Crippen LogP contribution in [0.2, 0.25) is 0 Å². The van der Waals surface area contributed by atoms with Crippen molar-refractivity contribution in [3.63, 3.8) is 0 Å². The monoisotopic (exact) mass is 639 g/mol. The average Bonchev–Trinajstić information content (AvgIpc) is 3.57. The van der Waals surface area contributed by atoms with E-state index in [-0.39, 0.29) is 30.7 Å². The molecule has 0 saturated carbocycles. The Kier molecular flexibility index (Phi) is 8.21. The molecule has 0 aliphatic heterocycles. The van der Waals surface area contributed by atoms with Crippen molar-refractivity contribution >= 4 is 27.9 Å². The second kappa shape index (κ2) is 12.9. The van der Waals surface area contributed by atoms with Crippen LogP contribution in [-0.4, -0.2) is 37.0 Å². The molecule has 0 aliphatic carbocycles. The Morgan fingerprint density at radius 3 is 2.08 bits per heavy atom. The summed E-state index contributed by atoms with van der Waals surface area (Å²) in [6.07, 6.45) is 0. The van der Waals surface area contributed by atoms with Gasteiger partial charge >= 0.3 is 11.7 Å². The van der Waals surface area contributed by atoms with E-state index in [0.717, 1.165) is 44.4 Å². The minimum atomic E-state index is -0.363. The summed E-state index contributed by atoms with van der Waals surface area (Å²) in [7, 11) is 3.12. The number of nitrogens with zero attached hydrogens (tertiary/aromatic N) is 5. The fourth-order valence-corrected chi connectivity index (χ4v) is 5.81. The lowest BCUT2D eigenvalue weighted by atomic mass is 10.0. The van der Waals surface area contributed by atoms with Gasteiger partial charge in [0.1, 0.15) is 25.4 Å². The zero-order valence-electron chi connectivity index (χ0n) is 26.8. The minimum absolute atomic E-state index is 0.0355. The Morgan fingerprint density at radius 1 is 0.750 bits per heavy atom. The van der Waals surface area contributed by atoms with E-state index in [2.05, 4.69) is 11.2 Å². The van der Waals surface area contributed by atoms with Crippen molar-refractivity contribution in [3.8, 4) is 28.6 Å². The van der Waals surface area contributed by atoms with Gasteiger partial charge in [0.05, 0.1) is 29.4 Å². The molecule has 3 aromatic heterocycles. The third-order valence-electron chi connectivity index (χ3n) is 8.33. The Hall–Kier alpha value is -6.16. The van der Waals surface area contributed by atoms with Crippen LogP contribution in [0, 0.1) is 6.92 Å². The molecular weight excluding hydrogens is 606 g/mol. The van der Waals surface area contributed by atoms with Gasteiger partial charge in [0.2, 0.25) is 11.8 Å². The number of pyridine rings is 1. The van der Waals surface area contributed by atoms with Crippen LogP contribution in [0.5, 0.6) is 11.8 Å². The number of benzene rings is 4. The van der Waals surface area contributed by atoms with Crippen LogP contribution in [0.4, 0.5) is 0 Å². The molecule has 0 atom stereocenters. The van der Waals surface area contributed by atoms with E-state index in [1.807, 2.05) is 104 Å². The lowest BCUT2D eigenvalue weighted by Gasteiger charge is -2.14. The molecular formula is C38H33N5O5. The van der Waals surface area contributed by atoms with E-state index in [1.165, 1.54) is 7.11 Å². The summed E-state index contributed by atoms with van der Waals surface area (Å²) in [4.78, 5) is 30.5. The van der Waals surface area contributed by atoms with E-state index < -0.39 is 0 Å². The maximum absolute atomic E-state index is 13.9. The highest BCUT2D eigenvalue weighted by atomic mass is 16.5. The zero-order valence-corrected chi connectivity index (χ0v) is 26.8. The topological polar surface area (TPSA) is 102 Å². The molecule has 240 valence electrons. The molecule has 10 heteroatoms. The number of esters is 1. The molecule has 0 bridgehead atoms. The normalized spacial score (nSPS) is 11.2. The third kappa shape index (κ3) is 5.91. The molecule has 0 saturated heterocycles. The minimum Gasteiger partial charge on any atom is -0.473 e. The summed E-state index contributed by atoms with van der Waals surface area (Å²) in [6, 6.07) is 35.1. The zero-order chi connectivity index (χ0) is 33.2. The van der Waals surface area contributed by atoms with E-state index in [9.17, 15) is 9.59 Å². The molecule has 0 N–H and O–H groups in total. The first kappa shape index (κ1) is 30.5. The van der Waals surface area contributed by atoms with Gasteiger partial charge in [-0.3, -0.25) is 18.6 Å². The SMILES string of the molecule is COC(=O)Cn1nc(C)c2cc(-c3ccc4c(c3)n(C)c(=O)n4-c3ccc(OCc4ccccc4)nc3OCc3ccccc3)ccc21. The van der Waals surface area contributed by atoms with Crippen molar-refractivity contribution in [2.24, 2.45) is 7.05 Å². The summed E-state index contributed by atoms with van der Waals surface area (Å²) in [5, 5.41) is 5.48. The number of rotatable bonds is 10. The molecule has 3 heterocycles. The molecule has 48 heavy (non-hydrogen) atoms. The van der Waals surface area contributed by atoms with Crippen LogP contribution >= 0.6 is 0 Å². The van der Waals surface area contributed by atoms with Gasteiger partial charge in [0, 0.05) is 18.5 Å². The molecule has 7 aromatic rings. The van der Waals surface area contributed by atoms with Gasteiger partial charge in [-0.25, -0.2) is 4.79 Å². The number of hydrogen-bond donors (Lipinski definition) is 0. The van der Waals surface area contributed by atoms with Gasteiger partial charge in [-0.05, 0) is 59.5 Å². The van der Waals surface area contributed by atoms with Crippen molar-refractivity contribution in [1.29, 1.82) is 0 Å². The van der Waals surface area contributed by atoms with Crippen LogP contribution < -0.4 is 15.2 Å². The van der Waals surface area contributed by atoms with Gasteiger partial charge in [-0.2, -0.15) is 10.1 Å². The maximum Gasteiger partial charge on any atom is 0.333 e. The highest BCUT2D eigenvalue weighted by molar-refractivity contribution is 5.90. The molecule has 0 unspecified atom stereocenters. The van der Waals surface area contributed by atoms with Crippen LogP contribution in [0.3, 0.4) is 0 Å². The van der Waals surface area contributed by atoms with Crippen molar-refractivity contribution in [2.75, 3.05) is 7.11 Å². The van der Waals surface area contributed by atoms with Gasteiger partial charge < -0.3 is 14.2 Å². The first-order valence-electron chi connectivity index (χ1n) is 15.5. The number of hydrogen-bond acceptors (Lipinski definition) is 7. The Labute approximate surface area is 276 Å². The second-order valence-electron chi connectivity index (χ2n) is 11.5. The number of aromatic nitrogens is 5. The Morgan fingerprint density at radius 2 is 1.40 bits per heavy atom. The molecule has 0 aliphatic rings. The quantitative estimate of drug-likeness (QED) is 0.160. The summed E-state index contributed by atoms with van der Waals surface area (Å²) in [5.41, 5.74) is 7.25. The van der Waals surface area contributed by atoms with Crippen molar-refractivity contribution in [3.05, 3.63) is 136 Å². The lowest BCUT2D eigenvalue weighted by molar-refractivity contribution is -0.141. The average molecular weight is 640 g/mol. The number of methoxy groups -OCH3 is 1. The number of fused-ring (bicyclic) bond motifs is 2. The number of ether oxygens (including phenoxy) is 3. The number of carbonyl (C=O) groups is 1. The predicted molar refractivity (Wildman–Crippen MR) is 183 cm³/mol. The van der Waals surface area contributed by atoms with Gasteiger partial charge in [0.25, 0.3) is 0 Å². The second-order valence-corrected chi connectivity index (χ2v) is 11.5. The number of carbonyl (C=O) groups excluding carboxylic acids is 1. The van der Waals surface area contributed by atoms with Crippen molar-refractivity contribution in [2.45, 2.75) is 26.7 Å². The molecule has 0 radical (unpaired) electrons. The van der Waals surface area contributed by atoms with E-state index in [1.54, 1.807) is 26.9 Å². The number of aryl methyl sites for hydroxylation is 2. The van der Waals surface area contributed by atoms with E-state index in [0.29, 0.717) is 23.7 Å². The fraction of sp³-hybridized carbons (Fsp3) is 0.158. The first-order chi connectivity index (χ1) is 23.4. The van der Waals surface area contributed by atoms with Crippen LogP contribution in [0.15, 0.2) is 114 Å². The smallest absolute Gasteiger partial charge is 0.333 e. The standard InChI is InChI=1S/C38H33N5O5/c1-25-30-20-28(14-16-31(30)42(40-25)22-36(44)46-3)29-15-17-32-34(21-29)41(2)38(45)43(32)33-18-19-35(47-23-26-10-6-4-7-11-26)39-37(33)48-24-27-12-8-5-9-13-27/h4-21H,22-24H2,1-3H3. The summed E-state index contributed by atoms with van der Waals surface area (Å²) in [5.74, 6) is 0.312. The summed E-state index contributed by atoms with van der Waals surface area (Å²) < 4.78 is 22.0. The molecule has 7 rings (SSSR count). The van der Waals surface area contributed by atoms with Crippen molar-refractivity contribution < 1.29 is 19.0 Å². The predicted octanol–water partition coefficient (Wildman–Crippen LogP) is 6.38. The van der Waals surface area contributed by atoms with Crippen molar-refractivity contribution in [1.82, 2.24) is 23.9 Å². The van der Waals surface area contributed by atoms with Crippen LogP contribution in [0.25, 0.3) is 38.8 Å². The first-order valence-corrected chi connectivity index (χ1v) is 15.5. The molecule has 10 nitrogen and oxygen atoms in total. The molecule has 0 fully saturated rings. The Balaban J connectivity index is 1.26. The van der Waals surface area contributed by atoms with Gasteiger partial charge in [0.15, 0.2) is 0 Å². The molecule has 4 aromatic carbocycles. The summed E-state index contributed by atoms with van der Waals surface area (Å²) in [6.45, 7) is 2.56. The highest BCUT2D eigenvalue weighted by Gasteiger charge is 2.20. The highest BCUT2D eigenvalue weighted by Crippen LogP contribution is 2.32. The van der Waals surface area contributed by atoms with E-state index >= 15 is 0 Å². The molecule has 0 amide bonds. The fourth-order valence-electron chi connectivity index (χ4n) is 5.81. The van der Waals surface area contributed by atoms with Gasteiger partial charge in [-0.15, -0.1) is 0 Å².